The molecule has 10 heteroatoms. The Kier molecular flexibility index (Phi) is 6.60. The summed E-state index contributed by atoms with van der Waals surface area (Å²) in [6, 6.07) is 9.42. The van der Waals surface area contributed by atoms with Crippen molar-refractivity contribution in [1.29, 1.82) is 0 Å². The van der Waals surface area contributed by atoms with Crippen molar-refractivity contribution in [1.82, 2.24) is 14.9 Å². The number of nitro benzene ring substituents is 1. The summed E-state index contributed by atoms with van der Waals surface area (Å²) in [5.74, 6) is -0.0657. The number of carbonyl (C=O) groups excluding carboxylic acids is 1. The quantitative estimate of drug-likeness (QED) is 0.429. The summed E-state index contributed by atoms with van der Waals surface area (Å²) < 4.78 is 0. The Bertz CT molecular complexity index is 1270. The minimum atomic E-state index is -0.441. The Morgan fingerprint density at radius 1 is 1.21 bits per heavy atom. The van der Waals surface area contributed by atoms with E-state index in [4.69, 9.17) is 11.6 Å². The van der Waals surface area contributed by atoms with E-state index < -0.39 is 4.92 Å². The molecular formula is C23H24ClN5O4. The van der Waals surface area contributed by atoms with Crippen LogP contribution in [0.1, 0.15) is 42.4 Å². The van der Waals surface area contributed by atoms with Gasteiger partial charge in [-0.2, -0.15) is 0 Å². The van der Waals surface area contributed by atoms with Crippen LogP contribution in [-0.4, -0.2) is 45.3 Å². The third-order valence-corrected chi connectivity index (χ3v) is 6.08. The first-order valence-electron chi connectivity index (χ1n) is 10.9. The topological polar surface area (TPSA) is 112 Å². The minimum Gasteiger partial charge on any atom is -0.366 e. The summed E-state index contributed by atoms with van der Waals surface area (Å²) in [4.78, 5) is 47.5. The average Bonchev–Trinajstić information content (AvgIpc) is 2.82. The molecule has 4 rings (SSSR count). The van der Waals surface area contributed by atoms with Gasteiger partial charge in [0.1, 0.15) is 11.5 Å². The Labute approximate surface area is 195 Å². The van der Waals surface area contributed by atoms with Crippen LogP contribution < -0.4 is 10.5 Å². The number of hydrogen-bond donors (Lipinski definition) is 1. The van der Waals surface area contributed by atoms with Crippen LogP contribution in [0.3, 0.4) is 0 Å². The van der Waals surface area contributed by atoms with Crippen LogP contribution in [0.2, 0.25) is 5.02 Å². The molecule has 0 bridgehead atoms. The number of amides is 1. The SMILES string of the molecule is CCN(Cc1nc2cc(Cl)ccc2c(=O)[nH]1)C(=O)c1ccc(N2CCCCC2)c([N+](=O)[O-])c1. The Morgan fingerprint density at radius 3 is 2.67 bits per heavy atom. The van der Waals surface area contributed by atoms with Crippen molar-refractivity contribution < 1.29 is 9.72 Å². The molecule has 0 atom stereocenters. The van der Waals surface area contributed by atoms with Crippen molar-refractivity contribution >= 4 is 39.8 Å². The highest BCUT2D eigenvalue weighted by Crippen LogP contribution is 2.31. The molecule has 0 unspecified atom stereocenters. The molecule has 2 heterocycles. The molecule has 1 aliphatic rings. The van der Waals surface area contributed by atoms with Gasteiger partial charge in [0.25, 0.3) is 17.2 Å². The molecule has 2 aromatic carbocycles. The maximum absolute atomic E-state index is 13.2. The van der Waals surface area contributed by atoms with E-state index in [1.807, 2.05) is 4.90 Å². The van der Waals surface area contributed by atoms with Gasteiger partial charge in [0.2, 0.25) is 0 Å². The molecule has 3 aromatic rings. The average molecular weight is 470 g/mol. The number of rotatable bonds is 6. The first-order valence-corrected chi connectivity index (χ1v) is 11.3. The largest absolute Gasteiger partial charge is 0.366 e. The standard InChI is InChI=1S/C23H24ClN5O4/c1-2-27(14-21-25-18-13-16(24)7-8-17(18)22(30)26-21)23(31)15-6-9-19(20(12-15)29(32)33)28-10-4-3-5-11-28/h6-9,12-13H,2-5,10-11,14H2,1H3,(H,25,26,30). The fourth-order valence-electron chi connectivity index (χ4n) is 4.13. The van der Waals surface area contributed by atoms with Gasteiger partial charge < -0.3 is 14.8 Å². The van der Waals surface area contributed by atoms with Crippen molar-refractivity contribution in [2.45, 2.75) is 32.7 Å². The number of hydrogen-bond acceptors (Lipinski definition) is 6. The predicted octanol–water partition coefficient (Wildman–Crippen LogP) is 4.14. The van der Waals surface area contributed by atoms with Crippen LogP contribution in [0.25, 0.3) is 10.9 Å². The van der Waals surface area contributed by atoms with E-state index >= 15 is 0 Å². The molecule has 1 N–H and O–H groups in total. The number of carbonyl (C=O) groups is 1. The molecule has 9 nitrogen and oxygen atoms in total. The number of anilines is 1. The van der Waals surface area contributed by atoms with Gasteiger partial charge in [-0.25, -0.2) is 4.98 Å². The molecule has 0 aliphatic carbocycles. The fraction of sp³-hybridized carbons (Fsp3) is 0.348. The zero-order valence-electron chi connectivity index (χ0n) is 18.2. The van der Waals surface area contributed by atoms with Crippen molar-refractivity contribution in [3.05, 3.63) is 73.3 Å². The lowest BCUT2D eigenvalue weighted by atomic mass is 10.1. The normalized spacial score (nSPS) is 13.8. The molecule has 1 aromatic heterocycles. The fourth-order valence-corrected chi connectivity index (χ4v) is 4.30. The van der Waals surface area contributed by atoms with Crippen LogP contribution in [0.5, 0.6) is 0 Å². The highest BCUT2D eigenvalue weighted by Gasteiger charge is 2.25. The second-order valence-corrected chi connectivity index (χ2v) is 8.44. The first-order chi connectivity index (χ1) is 15.9. The van der Waals surface area contributed by atoms with Crippen LogP contribution >= 0.6 is 11.6 Å². The number of fused-ring (bicyclic) bond motifs is 1. The zero-order chi connectivity index (χ0) is 23.5. The van der Waals surface area contributed by atoms with Gasteiger partial charge in [0.05, 0.1) is 22.4 Å². The van der Waals surface area contributed by atoms with Gasteiger partial charge in [0, 0.05) is 36.3 Å². The molecular weight excluding hydrogens is 446 g/mol. The van der Waals surface area contributed by atoms with Crippen LogP contribution in [0.4, 0.5) is 11.4 Å². The second-order valence-electron chi connectivity index (χ2n) is 8.00. The van der Waals surface area contributed by atoms with Gasteiger partial charge in [0.15, 0.2) is 0 Å². The molecule has 33 heavy (non-hydrogen) atoms. The Balaban J connectivity index is 1.62. The molecule has 0 saturated carbocycles. The summed E-state index contributed by atoms with van der Waals surface area (Å²) >= 11 is 6.02. The second kappa shape index (κ2) is 9.58. The molecule has 0 spiro atoms. The molecule has 0 radical (unpaired) electrons. The maximum atomic E-state index is 13.2. The summed E-state index contributed by atoms with van der Waals surface area (Å²) in [6.07, 6.45) is 3.09. The summed E-state index contributed by atoms with van der Waals surface area (Å²) in [6.45, 7) is 3.71. The number of benzene rings is 2. The van der Waals surface area contributed by atoms with E-state index in [-0.39, 0.29) is 29.3 Å². The van der Waals surface area contributed by atoms with Crippen molar-refractivity contribution in [2.24, 2.45) is 0 Å². The van der Waals surface area contributed by atoms with E-state index in [0.29, 0.717) is 34.0 Å². The monoisotopic (exact) mass is 469 g/mol. The molecule has 1 fully saturated rings. The van der Waals surface area contributed by atoms with Gasteiger partial charge in [-0.3, -0.25) is 19.7 Å². The molecule has 1 amide bonds. The number of H-pyrrole nitrogens is 1. The van der Waals surface area contributed by atoms with E-state index in [1.165, 1.54) is 11.0 Å². The number of nitro groups is 1. The van der Waals surface area contributed by atoms with Crippen LogP contribution in [0.15, 0.2) is 41.2 Å². The van der Waals surface area contributed by atoms with Gasteiger partial charge >= 0.3 is 0 Å². The smallest absolute Gasteiger partial charge is 0.293 e. The van der Waals surface area contributed by atoms with Gasteiger partial charge in [-0.05, 0) is 56.5 Å². The molecule has 1 aliphatic heterocycles. The first kappa shape index (κ1) is 22.7. The Morgan fingerprint density at radius 2 is 1.97 bits per heavy atom. The third kappa shape index (κ3) is 4.83. The summed E-state index contributed by atoms with van der Waals surface area (Å²) in [5, 5.41) is 12.6. The molecule has 1 saturated heterocycles. The number of aromatic amines is 1. The zero-order valence-corrected chi connectivity index (χ0v) is 19.0. The van der Waals surface area contributed by atoms with Crippen LogP contribution in [-0.2, 0) is 6.54 Å². The highest BCUT2D eigenvalue weighted by atomic mass is 35.5. The van der Waals surface area contributed by atoms with Crippen molar-refractivity contribution in [3.63, 3.8) is 0 Å². The number of nitrogens with zero attached hydrogens (tertiary/aromatic N) is 4. The third-order valence-electron chi connectivity index (χ3n) is 5.84. The molecule has 172 valence electrons. The van der Waals surface area contributed by atoms with Crippen molar-refractivity contribution in [3.8, 4) is 0 Å². The van der Waals surface area contributed by atoms with Crippen LogP contribution in [0, 0.1) is 10.1 Å². The van der Waals surface area contributed by atoms with E-state index in [0.717, 1.165) is 32.4 Å². The lowest BCUT2D eigenvalue weighted by molar-refractivity contribution is -0.384. The van der Waals surface area contributed by atoms with E-state index in [1.54, 1.807) is 37.3 Å². The lowest BCUT2D eigenvalue weighted by Gasteiger charge is -2.28. The highest BCUT2D eigenvalue weighted by molar-refractivity contribution is 6.31. The number of piperidine rings is 1. The van der Waals surface area contributed by atoms with E-state index in [9.17, 15) is 19.7 Å². The Hall–Kier alpha value is -3.46. The maximum Gasteiger partial charge on any atom is 0.293 e. The predicted molar refractivity (Wildman–Crippen MR) is 127 cm³/mol. The number of nitrogens with one attached hydrogen (secondary N) is 1. The van der Waals surface area contributed by atoms with Crippen molar-refractivity contribution in [2.75, 3.05) is 24.5 Å². The number of aromatic nitrogens is 2. The number of halogens is 1. The minimum absolute atomic E-state index is 0.0503. The summed E-state index contributed by atoms with van der Waals surface area (Å²) in [7, 11) is 0. The van der Waals surface area contributed by atoms with E-state index in [2.05, 4.69) is 9.97 Å². The lowest BCUT2D eigenvalue weighted by Crippen LogP contribution is -2.32. The van der Waals surface area contributed by atoms with Gasteiger partial charge in [-0.15, -0.1) is 0 Å². The summed E-state index contributed by atoms with van der Waals surface area (Å²) in [5.41, 5.74) is 0.792. The van der Waals surface area contributed by atoms with Gasteiger partial charge in [-0.1, -0.05) is 11.6 Å².